The van der Waals surface area contributed by atoms with Gasteiger partial charge in [0.2, 0.25) is 11.6 Å². The lowest BCUT2D eigenvalue weighted by atomic mass is 10.3. The topological polar surface area (TPSA) is 73.6 Å². The third-order valence-electron chi connectivity index (χ3n) is 1.68. The van der Waals surface area contributed by atoms with E-state index in [4.69, 9.17) is 0 Å². The number of ketones is 1. The van der Waals surface area contributed by atoms with Crippen LogP contribution >= 0.6 is 0 Å². The summed E-state index contributed by atoms with van der Waals surface area (Å²) < 4.78 is 1.39. The Hall–Kier alpha value is -2.11. The van der Waals surface area contributed by atoms with Gasteiger partial charge in [0.1, 0.15) is 6.33 Å². The summed E-state index contributed by atoms with van der Waals surface area (Å²) in [6, 6.07) is 1.65. The van der Waals surface area contributed by atoms with E-state index >= 15 is 0 Å². The van der Waals surface area contributed by atoms with Gasteiger partial charge in [0.25, 0.3) is 5.78 Å². The molecule has 0 atom stereocenters. The summed E-state index contributed by atoms with van der Waals surface area (Å²) in [6.45, 7) is 0. The van der Waals surface area contributed by atoms with Crippen LogP contribution < -0.4 is 0 Å². The van der Waals surface area contributed by atoms with Gasteiger partial charge in [-0.25, -0.2) is 19.6 Å². The molecule has 0 spiro atoms. The molecule has 0 aromatic carbocycles. The minimum Gasteiger partial charge on any atom is -0.281 e. The van der Waals surface area contributed by atoms with E-state index in [9.17, 15) is 4.79 Å². The number of aromatic nitrogens is 5. The van der Waals surface area contributed by atoms with Gasteiger partial charge in [0.05, 0.1) is 0 Å². The number of carbonyl (C=O) groups excluding carboxylic acids is 1. The Morgan fingerprint density at radius 2 is 2.00 bits per heavy atom. The van der Waals surface area contributed by atoms with E-state index in [2.05, 4.69) is 20.1 Å². The monoisotopic (exact) mass is 189 g/mol. The predicted octanol–water partition coefficient (Wildman–Crippen LogP) is -0.164. The molecule has 2 rings (SSSR count). The molecule has 2 aromatic heterocycles. The lowest BCUT2D eigenvalue weighted by molar-refractivity contribution is 0.101. The van der Waals surface area contributed by atoms with E-state index in [0.717, 1.165) is 0 Å². The minimum absolute atomic E-state index is 0.128. The second kappa shape index (κ2) is 3.33. The first kappa shape index (κ1) is 8.49. The van der Waals surface area contributed by atoms with Crippen molar-refractivity contribution < 1.29 is 4.79 Å². The molecular weight excluding hydrogens is 182 g/mol. The summed E-state index contributed by atoms with van der Waals surface area (Å²) in [5.41, 5.74) is 0. The second-order valence-corrected chi connectivity index (χ2v) is 2.61. The van der Waals surface area contributed by atoms with Gasteiger partial charge in [-0.05, 0) is 6.07 Å². The molecule has 6 nitrogen and oxygen atoms in total. The predicted molar refractivity (Wildman–Crippen MR) is 46.5 cm³/mol. The van der Waals surface area contributed by atoms with Gasteiger partial charge in [-0.2, -0.15) is 5.10 Å². The minimum atomic E-state index is -0.328. The quantitative estimate of drug-likeness (QED) is 0.613. The van der Waals surface area contributed by atoms with Gasteiger partial charge >= 0.3 is 0 Å². The van der Waals surface area contributed by atoms with Crippen molar-refractivity contribution in [2.75, 3.05) is 0 Å². The summed E-state index contributed by atoms with van der Waals surface area (Å²) in [4.78, 5) is 23.2. The summed E-state index contributed by atoms with van der Waals surface area (Å²) in [5, 5.41) is 3.79. The first-order chi connectivity index (χ1) is 6.79. The molecule has 0 aliphatic carbocycles. The number of aryl methyl sites for hydroxylation is 1. The van der Waals surface area contributed by atoms with E-state index in [1.807, 2.05) is 0 Å². The fourth-order valence-electron chi connectivity index (χ4n) is 1.02. The lowest BCUT2D eigenvalue weighted by Gasteiger charge is -1.96. The van der Waals surface area contributed by atoms with Crippen molar-refractivity contribution in [1.82, 2.24) is 24.7 Å². The average Bonchev–Trinajstić information content (AvgIpc) is 2.65. The maximum Gasteiger partial charge on any atom is 0.267 e. The van der Waals surface area contributed by atoms with Gasteiger partial charge in [-0.1, -0.05) is 0 Å². The molecule has 0 fully saturated rings. The smallest absolute Gasteiger partial charge is 0.267 e. The lowest BCUT2D eigenvalue weighted by Crippen LogP contribution is -2.12. The highest BCUT2D eigenvalue weighted by Crippen LogP contribution is 1.99. The van der Waals surface area contributed by atoms with Crippen molar-refractivity contribution in [3.05, 3.63) is 36.4 Å². The van der Waals surface area contributed by atoms with E-state index in [0.29, 0.717) is 0 Å². The largest absolute Gasteiger partial charge is 0.281 e. The SMILES string of the molecule is Cn1ncnc1C(=O)c1ncccn1. The van der Waals surface area contributed by atoms with Gasteiger partial charge < -0.3 is 0 Å². The van der Waals surface area contributed by atoms with Crippen molar-refractivity contribution in [1.29, 1.82) is 0 Å². The standard InChI is InChI=1S/C8H7N5O/c1-13-8(11-5-12-13)6(14)7-9-3-2-4-10-7/h2-5H,1H3. The Labute approximate surface area is 79.6 Å². The molecule has 0 aliphatic heterocycles. The summed E-state index contributed by atoms with van der Waals surface area (Å²) in [6.07, 6.45) is 4.34. The van der Waals surface area contributed by atoms with Gasteiger partial charge in [-0.3, -0.25) is 4.79 Å². The van der Waals surface area contributed by atoms with Gasteiger partial charge in [-0.15, -0.1) is 0 Å². The molecule has 2 aromatic rings. The molecule has 0 bridgehead atoms. The van der Waals surface area contributed by atoms with Crippen molar-refractivity contribution >= 4 is 5.78 Å². The third-order valence-corrected chi connectivity index (χ3v) is 1.68. The molecule has 0 saturated heterocycles. The van der Waals surface area contributed by atoms with E-state index in [1.165, 1.54) is 23.4 Å². The maximum absolute atomic E-state index is 11.7. The van der Waals surface area contributed by atoms with Crippen LogP contribution in [-0.2, 0) is 7.05 Å². The van der Waals surface area contributed by atoms with Crippen LogP contribution in [0.4, 0.5) is 0 Å². The van der Waals surface area contributed by atoms with Crippen molar-refractivity contribution in [2.45, 2.75) is 0 Å². The van der Waals surface area contributed by atoms with Gasteiger partial charge in [0, 0.05) is 19.4 Å². The Balaban J connectivity index is 2.39. The third kappa shape index (κ3) is 1.37. The van der Waals surface area contributed by atoms with E-state index in [1.54, 1.807) is 13.1 Å². The number of hydrogen-bond donors (Lipinski definition) is 0. The maximum atomic E-state index is 11.7. The van der Waals surface area contributed by atoms with Crippen LogP contribution in [-0.4, -0.2) is 30.5 Å². The van der Waals surface area contributed by atoms with Crippen LogP contribution in [0.15, 0.2) is 24.8 Å². The Morgan fingerprint density at radius 1 is 1.29 bits per heavy atom. The molecule has 0 saturated carbocycles. The molecule has 14 heavy (non-hydrogen) atoms. The Bertz CT molecular complexity index is 450. The van der Waals surface area contributed by atoms with Crippen LogP contribution in [0.3, 0.4) is 0 Å². The second-order valence-electron chi connectivity index (χ2n) is 2.61. The van der Waals surface area contributed by atoms with Crippen LogP contribution in [0.5, 0.6) is 0 Å². The Morgan fingerprint density at radius 3 is 2.57 bits per heavy atom. The van der Waals surface area contributed by atoms with Gasteiger partial charge in [0.15, 0.2) is 0 Å². The van der Waals surface area contributed by atoms with Crippen molar-refractivity contribution in [3.8, 4) is 0 Å². The highest BCUT2D eigenvalue weighted by molar-refractivity contribution is 6.03. The molecule has 0 radical (unpaired) electrons. The molecule has 2 heterocycles. The molecule has 70 valence electrons. The molecule has 0 amide bonds. The molecule has 6 heteroatoms. The van der Waals surface area contributed by atoms with Crippen LogP contribution in [0, 0.1) is 0 Å². The zero-order chi connectivity index (χ0) is 9.97. The number of rotatable bonds is 2. The van der Waals surface area contributed by atoms with Crippen LogP contribution in [0.1, 0.15) is 16.4 Å². The zero-order valence-corrected chi connectivity index (χ0v) is 7.45. The normalized spacial score (nSPS) is 10.1. The highest BCUT2D eigenvalue weighted by Gasteiger charge is 2.16. The van der Waals surface area contributed by atoms with E-state index in [-0.39, 0.29) is 17.4 Å². The molecule has 0 aliphatic rings. The van der Waals surface area contributed by atoms with Crippen LogP contribution in [0.25, 0.3) is 0 Å². The first-order valence-corrected chi connectivity index (χ1v) is 3.95. The number of nitrogens with zero attached hydrogens (tertiary/aromatic N) is 5. The molecule has 0 unspecified atom stereocenters. The van der Waals surface area contributed by atoms with Crippen LogP contribution in [0.2, 0.25) is 0 Å². The number of hydrogen-bond acceptors (Lipinski definition) is 5. The summed E-state index contributed by atoms with van der Waals surface area (Å²) >= 11 is 0. The number of carbonyl (C=O) groups is 1. The summed E-state index contributed by atoms with van der Waals surface area (Å²) in [7, 11) is 1.64. The van der Waals surface area contributed by atoms with Crippen molar-refractivity contribution in [3.63, 3.8) is 0 Å². The fraction of sp³-hybridized carbons (Fsp3) is 0.125. The highest BCUT2D eigenvalue weighted by atomic mass is 16.1. The Kier molecular flexibility index (Phi) is 2.02. The fourth-order valence-corrected chi connectivity index (χ4v) is 1.02. The van der Waals surface area contributed by atoms with E-state index < -0.39 is 0 Å². The first-order valence-electron chi connectivity index (χ1n) is 3.95. The average molecular weight is 189 g/mol. The zero-order valence-electron chi connectivity index (χ0n) is 7.45. The van der Waals surface area contributed by atoms with Crippen molar-refractivity contribution in [2.24, 2.45) is 7.05 Å². The molecule has 0 N–H and O–H groups in total. The molecular formula is C8H7N5O. The summed E-state index contributed by atoms with van der Waals surface area (Å²) in [5.74, 6) is 0.0328.